The van der Waals surface area contributed by atoms with Crippen LogP contribution in [-0.4, -0.2) is 42.2 Å². The van der Waals surface area contributed by atoms with Gasteiger partial charge in [-0.3, -0.25) is 14.6 Å². The van der Waals surface area contributed by atoms with Crippen molar-refractivity contribution in [1.29, 1.82) is 0 Å². The third kappa shape index (κ3) is 3.61. The number of H-pyrrole nitrogens is 1. The van der Waals surface area contributed by atoms with E-state index >= 15 is 0 Å². The smallest absolute Gasteiger partial charge is 0.268 e. The van der Waals surface area contributed by atoms with Crippen LogP contribution in [0.2, 0.25) is 0 Å². The maximum absolute atomic E-state index is 12.6. The molecule has 0 saturated carbocycles. The van der Waals surface area contributed by atoms with E-state index in [2.05, 4.69) is 21.4 Å². The number of nitrogens with zero attached hydrogens (tertiary/aromatic N) is 1. The number of amides is 1. The number of para-hydroxylation sites is 1. The normalized spacial score (nSPS) is 18.9. The van der Waals surface area contributed by atoms with Gasteiger partial charge >= 0.3 is 0 Å². The van der Waals surface area contributed by atoms with Crippen LogP contribution in [-0.2, 0) is 11.2 Å². The number of rotatable bonds is 5. The van der Waals surface area contributed by atoms with E-state index in [1.54, 1.807) is 0 Å². The molecule has 3 heterocycles. The van der Waals surface area contributed by atoms with Gasteiger partial charge in [-0.15, -0.1) is 0 Å². The molecule has 3 aromatic rings. The number of hydrogen-bond donors (Lipinski definition) is 2. The summed E-state index contributed by atoms with van der Waals surface area (Å²) in [4.78, 5) is 31.7. The summed E-state index contributed by atoms with van der Waals surface area (Å²) < 4.78 is 10.6. The van der Waals surface area contributed by atoms with E-state index in [4.69, 9.17) is 9.47 Å². The van der Waals surface area contributed by atoms with Crippen LogP contribution in [0, 0.1) is 5.92 Å². The molecule has 1 amide bonds. The summed E-state index contributed by atoms with van der Waals surface area (Å²) in [6, 6.07) is 11.1. The lowest BCUT2D eigenvalue weighted by molar-refractivity contribution is 0.0920. The lowest BCUT2D eigenvalue weighted by atomic mass is 9.93. The van der Waals surface area contributed by atoms with Crippen LogP contribution in [0.1, 0.15) is 16.1 Å². The Kier molecular flexibility index (Phi) is 5.08. The monoisotopic (exact) mass is 379 g/mol. The quantitative estimate of drug-likeness (QED) is 0.706. The summed E-state index contributed by atoms with van der Waals surface area (Å²) in [7, 11) is 1.41. The van der Waals surface area contributed by atoms with Crippen molar-refractivity contribution in [2.45, 2.75) is 12.5 Å². The van der Waals surface area contributed by atoms with Crippen molar-refractivity contribution in [3.63, 3.8) is 0 Å². The molecule has 0 bridgehead atoms. The van der Waals surface area contributed by atoms with Crippen molar-refractivity contribution in [2.75, 3.05) is 20.3 Å². The molecule has 0 spiro atoms. The van der Waals surface area contributed by atoms with Crippen molar-refractivity contribution >= 4 is 16.8 Å². The number of benzene rings is 1. The standard InChI is InChI=1S/C21H21N3O4/c1-27-20-10-23-17(9-19(20)25)21(26)24-18-12-28-11-14(18)8-13-6-7-22-16-5-3-2-4-15(13)16/h2-7,9-10,14,18H,8,11-12H2,1H3,(H,23,25)(H,24,26)/t14-,18+/m1/s1. The highest BCUT2D eigenvalue weighted by atomic mass is 16.5. The molecule has 4 rings (SSSR count). The SMILES string of the molecule is COc1c[nH]c(C(=O)N[C@H]2COC[C@H]2Cc2ccnc3ccccc23)cc1=O. The Hall–Kier alpha value is -3.19. The van der Waals surface area contributed by atoms with Crippen LogP contribution in [0.15, 0.2) is 53.6 Å². The van der Waals surface area contributed by atoms with E-state index in [-0.39, 0.29) is 34.7 Å². The fraction of sp³-hybridized carbons (Fsp3) is 0.286. The largest absolute Gasteiger partial charge is 0.491 e. The van der Waals surface area contributed by atoms with Gasteiger partial charge in [0.2, 0.25) is 5.43 Å². The van der Waals surface area contributed by atoms with Gasteiger partial charge in [0.25, 0.3) is 5.91 Å². The molecule has 2 N–H and O–H groups in total. The molecular formula is C21H21N3O4. The Morgan fingerprint density at radius 1 is 1.32 bits per heavy atom. The molecule has 0 unspecified atom stereocenters. The molecule has 144 valence electrons. The summed E-state index contributed by atoms with van der Waals surface area (Å²) in [5.74, 6) is -0.0252. The van der Waals surface area contributed by atoms with Gasteiger partial charge in [-0.2, -0.15) is 0 Å². The highest BCUT2D eigenvalue weighted by Gasteiger charge is 2.30. The number of methoxy groups -OCH3 is 1. The molecule has 1 aliphatic heterocycles. The lowest BCUT2D eigenvalue weighted by Crippen LogP contribution is -2.41. The van der Waals surface area contributed by atoms with Crippen LogP contribution in [0.5, 0.6) is 5.75 Å². The molecule has 7 heteroatoms. The zero-order chi connectivity index (χ0) is 19.5. The van der Waals surface area contributed by atoms with Gasteiger partial charge in [0.05, 0.1) is 31.9 Å². The first-order valence-corrected chi connectivity index (χ1v) is 9.13. The Morgan fingerprint density at radius 3 is 3.00 bits per heavy atom. The van der Waals surface area contributed by atoms with Crippen LogP contribution < -0.4 is 15.5 Å². The highest BCUT2D eigenvalue weighted by Crippen LogP contribution is 2.24. The van der Waals surface area contributed by atoms with Crippen LogP contribution in [0.25, 0.3) is 10.9 Å². The summed E-state index contributed by atoms with van der Waals surface area (Å²) in [5, 5.41) is 4.10. The summed E-state index contributed by atoms with van der Waals surface area (Å²) in [6.07, 6.45) is 3.97. The Labute approximate surface area is 161 Å². The van der Waals surface area contributed by atoms with Gasteiger partial charge < -0.3 is 19.8 Å². The zero-order valence-electron chi connectivity index (χ0n) is 15.5. The number of hydrogen-bond acceptors (Lipinski definition) is 5. The van der Waals surface area contributed by atoms with Crippen molar-refractivity contribution in [3.8, 4) is 5.75 Å². The molecule has 1 saturated heterocycles. The first-order valence-electron chi connectivity index (χ1n) is 9.13. The number of aromatic amines is 1. The first kappa shape index (κ1) is 18.2. The van der Waals surface area contributed by atoms with Gasteiger partial charge in [-0.05, 0) is 24.1 Å². The third-order valence-corrected chi connectivity index (χ3v) is 5.08. The minimum Gasteiger partial charge on any atom is -0.491 e. The predicted molar refractivity (Wildman–Crippen MR) is 105 cm³/mol. The number of ether oxygens (including phenoxy) is 2. The van der Waals surface area contributed by atoms with Crippen LogP contribution in [0.3, 0.4) is 0 Å². The minimum atomic E-state index is -0.339. The van der Waals surface area contributed by atoms with E-state index < -0.39 is 0 Å². The Morgan fingerprint density at radius 2 is 2.18 bits per heavy atom. The zero-order valence-corrected chi connectivity index (χ0v) is 15.5. The van der Waals surface area contributed by atoms with Gasteiger partial charge in [0.1, 0.15) is 5.69 Å². The van der Waals surface area contributed by atoms with Crippen LogP contribution in [0.4, 0.5) is 0 Å². The molecule has 1 fully saturated rings. The average molecular weight is 379 g/mol. The maximum Gasteiger partial charge on any atom is 0.268 e. The van der Waals surface area contributed by atoms with E-state index in [0.29, 0.717) is 13.2 Å². The molecule has 7 nitrogen and oxygen atoms in total. The number of carbonyl (C=O) groups is 1. The topological polar surface area (TPSA) is 93.3 Å². The maximum atomic E-state index is 12.6. The number of pyridine rings is 2. The molecular weight excluding hydrogens is 358 g/mol. The highest BCUT2D eigenvalue weighted by molar-refractivity contribution is 5.92. The number of aromatic nitrogens is 2. The second-order valence-corrected chi connectivity index (χ2v) is 6.85. The van der Waals surface area contributed by atoms with E-state index in [9.17, 15) is 9.59 Å². The number of nitrogens with one attached hydrogen (secondary N) is 2. The van der Waals surface area contributed by atoms with E-state index in [1.807, 2.05) is 30.5 Å². The average Bonchev–Trinajstić information content (AvgIpc) is 3.14. The van der Waals surface area contributed by atoms with Crippen molar-refractivity contribution in [3.05, 3.63) is 70.3 Å². The molecule has 2 aromatic heterocycles. The Balaban J connectivity index is 1.50. The summed E-state index contributed by atoms with van der Waals surface area (Å²) in [5.41, 5.74) is 1.99. The summed E-state index contributed by atoms with van der Waals surface area (Å²) in [6.45, 7) is 1.01. The molecule has 1 aromatic carbocycles. The fourth-order valence-corrected chi connectivity index (χ4v) is 3.57. The summed E-state index contributed by atoms with van der Waals surface area (Å²) >= 11 is 0. The molecule has 0 radical (unpaired) electrons. The van der Waals surface area contributed by atoms with E-state index in [0.717, 1.165) is 17.3 Å². The first-order chi connectivity index (χ1) is 13.7. The van der Waals surface area contributed by atoms with Crippen molar-refractivity contribution in [2.24, 2.45) is 5.92 Å². The number of carbonyl (C=O) groups excluding carboxylic acids is 1. The van der Waals surface area contributed by atoms with Gasteiger partial charge in [0.15, 0.2) is 5.75 Å². The van der Waals surface area contributed by atoms with Crippen molar-refractivity contribution in [1.82, 2.24) is 15.3 Å². The van der Waals surface area contributed by atoms with Gasteiger partial charge in [-0.25, -0.2) is 0 Å². The molecule has 0 aliphatic carbocycles. The second kappa shape index (κ2) is 7.82. The third-order valence-electron chi connectivity index (χ3n) is 5.08. The van der Waals surface area contributed by atoms with Crippen molar-refractivity contribution < 1.29 is 14.3 Å². The predicted octanol–water partition coefficient (Wildman–Crippen LogP) is 1.92. The van der Waals surface area contributed by atoms with Crippen LogP contribution >= 0.6 is 0 Å². The van der Waals surface area contributed by atoms with Gasteiger partial charge in [0, 0.05) is 29.8 Å². The van der Waals surface area contributed by atoms with E-state index in [1.165, 1.54) is 24.9 Å². The minimum absolute atomic E-state index is 0.134. The molecule has 1 aliphatic rings. The lowest BCUT2D eigenvalue weighted by Gasteiger charge is -2.20. The van der Waals surface area contributed by atoms with Gasteiger partial charge in [-0.1, -0.05) is 18.2 Å². The number of fused-ring (bicyclic) bond motifs is 1. The Bertz CT molecular complexity index is 1060. The molecule has 2 atom stereocenters. The second-order valence-electron chi connectivity index (χ2n) is 6.85. The fourth-order valence-electron chi connectivity index (χ4n) is 3.57. The molecule has 28 heavy (non-hydrogen) atoms.